The molecule has 0 saturated carbocycles. The lowest BCUT2D eigenvalue weighted by Gasteiger charge is -2.21. The molecule has 0 aliphatic heterocycles. The molecule has 4 aromatic rings. The highest BCUT2D eigenvalue weighted by atomic mass is 32.2. The van der Waals surface area contributed by atoms with Crippen LogP contribution in [0.5, 0.6) is 5.75 Å². The molecule has 37 heavy (non-hydrogen) atoms. The number of nitrogens with one attached hydrogen (secondary N) is 1. The Morgan fingerprint density at radius 1 is 0.946 bits per heavy atom. The average molecular weight is 520 g/mol. The number of nitrogens with zero attached hydrogens (tertiary/aromatic N) is 2. The minimum Gasteiger partial charge on any atom is -0.488 e. The number of carbonyl (C=O) groups is 1. The van der Waals surface area contributed by atoms with E-state index in [4.69, 9.17) is 9.84 Å². The summed E-state index contributed by atoms with van der Waals surface area (Å²) in [6, 6.07) is 22.9. The molecule has 0 fully saturated rings. The Balaban J connectivity index is 0.00000400. The Morgan fingerprint density at radius 2 is 1.59 bits per heavy atom. The quantitative estimate of drug-likeness (QED) is 0.335. The summed E-state index contributed by atoms with van der Waals surface area (Å²) in [4.78, 5) is 13.3. The van der Waals surface area contributed by atoms with Gasteiger partial charge in [0.1, 0.15) is 17.0 Å². The number of aryl methyl sites for hydroxylation is 2. The predicted octanol–water partition coefficient (Wildman–Crippen LogP) is 5.76. The lowest BCUT2D eigenvalue weighted by molar-refractivity contribution is 0.0971. The molecule has 3 aromatic carbocycles. The summed E-state index contributed by atoms with van der Waals surface area (Å²) in [5.74, 6) is -0.0807. The van der Waals surface area contributed by atoms with Crippen molar-refractivity contribution in [3.8, 4) is 17.0 Å². The van der Waals surface area contributed by atoms with Crippen LogP contribution >= 0.6 is 0 Å². The van der Waals surface area contributed by atoms with E-state index in [1.807, 2.05) is 77.1 Å². The summed E-state index contributed by atoms with van der Waals surface area (Å²) >= 11 is 0. The minimum absolute atomic E-state index is 0. The third-order valence-electron chi connectivity index (χ3n) is 5.80. The van der Waals surface area contributed by atoms with Gasteiger partial charge in [0.25, 0.3) is 15.9 Å². The molecule has 0 atom stereocenters. The molecule has 0 spiro atoms. The van der Waals surface area contributed by atoms with Crippen molar-refractivity contribution in [3.05, 3.63) is 101 Å². The van der Waals surface area contributed by atoms with Gasteiger partial charge < -0.3 is 4.74 Å². The SMILES string of the molecule is Cc1cccc(C)c1Cn1nc(-c2cccc(OC(C)(C)C)c2)cc1C(=O)NS(=O)(=O)c1ccccc1.[HH]. The highest BCUT2D eigenvalue weighted by Crippen LogP contribution is 2.27. The van der Waals surface area contributed by atoms with E-state index in [0.717, 1.165) is 22.3 Å². The maximum Gasteiger partial charge on any atom is 0.283 e. The molecule has 0 aliphatic carbocycles. The van der Waals surface area contributed by atoms with Crippen molar-refractivity contribution in [2.45, 2.75) is 51.7 Å². The van der Waals surface area contributed by atoms with Crippen molar-refractivity contribution in [2.75, 3.05) is 0 Å². The maximum atomic E-state index is 13.3. The number of hydrogen-bond acceptors (Lipinski definition) is 5. The van der Waals surface area contributed by atoms with Crippen molar-refractivity contribution in [3.63, 3.8) is 0 Å². The molecule has 1 N–H and O–H groups in total. The van der Waals surface area contributed by atoms with Gasteiger partial charge in [-0.3, -0.25) is 9.48 Å². The van der Waals surface area contributed by atoms with E-state index in [2.05, 4.69) is 4.72 Å². The van der Waals surface area contributed by atoms with E-state index in [0.29, 0.717) is 18.0 Å². The Morgan fingerprint density at radius 3 is 2.24 bits per heavy atom. The van der Waals surface area contributed by atoms with Gasteiger partial charge in [0.2, 0.25) is 0 Å². The van der Waals surface area contributed by atoms with Gasteiger partial charge in [-0.1, -0.05) is 48.5 Å². The first-order chi connectivity index (χ1) is 17.4. The lowest BCUT2D eigenvalue weighted by atomic mass is 10.0. The predicted molar refractivity (Wildman–Crippen MR) is 146 cm³/mol. The molecular formula is C29H33N3O4S. The van der Waals surface area contributed by atoms with E-state index < -0.39 is 15.9 Å². The minimum atomic E-state index is -4.06. The fourth-order valence-corrected chi connectivity index (χ4v) is 5.00. The third-order valence-corrected chi connectivity index (χ3v) is 7.15. The summed E-state index contributed by atoms with van der Waals surface area (Å²) in [5, 5.41) is 4.72. The molecule has 1 heterocycles. The summed E-state index contributed by atoms with van der Waals surface area (Å²) in [6.45, 7) is 10.2. The van der Waals surface area contributed by atoms with Crippen molar-refractivity contribution >= 4 is 15.9 Å². The molecule has 0 unspecified atom stereocenters. The van der Waals surface area contributed by atoms with Crippen LogP contribution in [-0.2, 0) is 16.6 Å². The average Bonchev–Trinajstić information content (AvgIpc) is 3.25. The zero-order valence-electron chi connectivity index (χ0n) is 21.6. The van der Waals surface area contributed by atoms with Crippen LogP contribution in [0.3, 0.4) is 0 Å². The summed E-state index contributed by atoms with van der Waals surface area (Å²) in [6.07, 6.45) is 0. The fraction of sp³-hybridized carbons (Fsp3) is 0.241. The van der Waals surface area contributed by atoms with Crippen LogP contribution in [0.2, 0.25) is 0 Å². The van der Waals surface area contributed by atoms with Gasteiger partial charge in [-0.05, 0) is 81.6 Å². The third kappa shape index (κ3) is 6.27. The Hall–Kier alpha value is -3.91. The molecule has 194 valence electrons. The number of aromatic nitrogens is 2. The molecule has 8 heteroatoms. The molecule has 0 bridgehead atoms. The fourth-order valence-electron chi connectivity index (χ4n) is 4.01. The normalized spacial score (nSPS) is 11.8. The molecular weight excluding hydrogens is 486 g/mol. The first-order valence-electron chi connectivity index (χ1n) is 12.0. The van der Waals surface area contributed by atoms with E-state index >= 15 is 0 Å². The number of amides is 1. The summed E-state index contributed by atoms with van der Waals surface area (Å²) < 4.78 is 35.5. The second-order valence-corrected chi connectivity index (χ2v) is 11.6. The van der Waals surface area contributed by atoms with Crippen LogP contribution in [0.4, 0.5) is 0 Å². The number of ether oxygens (including phenoxy) is 1. The number of hydrogen-bond donors (Lipinski definition) is 1. The highest BCUT2D eigenvalue weighted by Gasteiger charge is 2.24. The smallest absolute Gasteiger partial charge is 0.283 e. The largest absolute Gasteiger partial charge is 0.488 e. The molecule has 1 amide bonds. The first-order valence-corrected chi connectivity index (χ1v) is 13.5. The summed E-state index contributed by atoms with van der Waals surface area (Å²) in [7, 11) is -4.06. The highest BCUT2D eigenvalue weighted by molar-refractivity contribution is 7.90. The molecule has 1 aromatic heterocycles. The second kappa shape index (κ2) is 10.2. The Bertz CT molecular complexity index is 1520. The topological polar surface area (TPSA) is 90.3 Å². The van der Waals surface area contributed by atoms with Crippen molar-refractivity contribution in [1.82, 2.24) is 14.5 Å². The maximum absolute atomic E-state index is 13.3. The van der Waals surface area contributed by atoms with Gasteiger partial charge >= 0.3 is 0 Å². The standard InChI is InChI=1S/C29H31N3O4S.H2/c1-20-11-9-12-21(2)25(20)19-32-27(28(33)31-37(34,35)24-15-7-6-8-16-24)18-26(30-32)22-13-10-14-23(17-22)36-29(3,4)5;/h6-18H,19H2,1-5H3,(H,31,33);1H. The molecule has 0 saturated heterocycles. The number of rotatable bonds is 7. The van der Waals surface area contributed by atoms with Gasteiger partial charge in [-0.2, -0.15) is 5.10 Å². The number of sulfonamides is 1. The second-order valence-electron chi connectivity index (χ2n) is 9.93. The molecule has 4 rings (SSSR count). The molecule has 0 aliphatic rings. The van der Waals surface area contributed by atoms with E-state index in [1.54, 1.807) is 28.9 Å². The van der Waals surface area contributed by atoms with Crippen LogP contribution in [0.1, 0.15) is 49.4 Å². The van der Waals surface area contributed by atoms with E-state index in [9.17, 15) is 13.2 Å². The van der Waals surface area contributed by atoms with Crippen LogP contribution in [0.15, 0.2) is 83.8 Å². The lowest BCUT2D eigenvalue weighted by Crippen LogP contribution is -2.32. The van der Waals surface area contributed by atoms with Crippen molar-refractivity contribution < 1.29 is 19.4 Å². The van der Waals surface area contributed by atoms with Crippen LogP contribution in [-0.4, -0.2) is 29.7 Å². The van der Waals surface area contributed by atoms with Gasteiger partial charge in [0.15, 0.2) is 0 Å². The Labute approximate surface area is 219 Å². The first kappa shape index (κ1) is 26.2. The van der Waals surface area contributed by atoms with Gasteiger partial charge in [-0.25, -0.2) is 13.1 Å². The zero-order valence-corrected chi connectivity index (χ0v) is 22.5. The monoisotopic (exact) mass is 519 g/mol. The van der Waals surface area contributed by atoms with Crippen molar-refractivity contribution in [2.24, 2.45) is 0 Å². The number of carbonyl (C=O) groups excluding carboxylic acids is 1. The van der Waals surface area contributed by atoms with E-state index in [-0.39, 0.29) is 17.6 Å². The number of benzene rings is 3. The van der Waals surface area contributed by atoms with Gasteiger partial charge in [0, 0.05) is 6.99 Å². The van der Waals surface area contributed by atoms with Crippen LogP contribution in [0.25, 0.3) is 11.3 Å². The van der Waals surface area contributed by atoms with E-state index in [1.165, 1.54) is 12.1 Å². The zero-order chi connectivity index (χ0) is 26.8. The summed E-state index contributed by atoms with van der Waals surface area (Å²) in [5.41, 5.74) is 4.18. The van der Waals surface area contributed by atoms with Crippen LogP contribution < -0.4 is 9.46 Å². The Kier molecular flexibility index (Phi) is 7.23. The van der Waals surface area contributed by atoms with Gasteiger partial charge in [-0.15, -0.1) is 0 Å². The molecule has 0 radical (unpaired) electrons. The van der Waals surface area contributed by atoms with Gasteiger partial charge in [0.05, 0.1) is 17.1 Å². The van der Waals surface area contributed by atoms with Crippen molar-refractivity contribution in [1.29, 1.82) is 0 Å². The van der Waals surface area contributed by atoms with Crippen LogP contribution in [0, 0.1) is 13.8 Å². The molecule has 7 nitrogen and oxygen atoms in total.